The fourth-order valence-corrected chi connectivity index (χ4v) is 1.46. The average molecular weight is 158 g/mol. The highest BCUT2D eigenvalue weighted by atomic mass is 28.3. The number of hydrogen-bond acceptors (Lipinski definition) is 1. The summed E-state index contributed by atoms with van der Waals surface area (Å²) in [5.74, 6) is 0. The molecule has 0 aliphatic heterocycles. The molecule has 0 bridgehead atoms. The number of rotatable bonds is 5. The highest BCUT2D eigenvalue weighted by Crippen LogP contribution is 2.09. The molecule has 0 rings (SSSR count). The van der Waals surface area contributed by atoms with Crippen LogP contribution in [0.25, 0.3) is 0 Å². The lowest BCUT2D eigenvalue weighted by atomic mass is 10.8. The number of ether oxygens (including phenoxy) is 1. The monoisotopic (exact) mass is 158 g/mol. The van der Waals surface area contributed by atoms with E-state index in [-0.39, 0.29) is 0 Å². The van der Waals surface area contributed by atoms with E-state index in [9.17, 15) is 0 Å². The van der Waals surface area contributed by atoms with Crippen molar-refractivity contribution in [3.63, 3.8) is 0 Å². The maximum absolute atomic E-state index is 5.26. The molecule has 0 unspecified atom stereocenters. The van der Waals surface area contributed by atoms with Gasteiger partial charge in [-0.2, -0.15) is 0 Å². The molecular weight excluding hydrogens is 140 g/mol. The first-order valence-electron chi connectivity index (χ1n) is 3.83. The SMILES string of the molecule is C=C[Si](C)(C)CCOCC. The summed E-state index contributed by atoms with van der Waals surface area (Å²) >= 11 is 0. The molecule has 0 heterocycles. The second-order valence-electron chi connectivity index (χ2n) is 3.14. The second-order valence-corrected chi connectivity index (χ2v) is 8.03. The van der Waals surface area contributed by atoms with Crippen molar-refractivity contribution in [3.8, 4) is 0 Å². The number of hydrogen-bond donors (Lipinski definition) is 0. The molecule has 2 heteroatoms. The molecule has 60 valence electrons. The molecule has 0 atom stereocenters. The third kappa shape index (κ3) is 4.76. The first kappa shape index (κ1) is 9.92. The Kier molecular flexibility index (Phi) is 4.65. The minimum atomic E-state index is -1.08. The minimum Gasteiger partial charge on any atom is -0.382 e. The van der Waals surface area contributed by atoms with Crippen LogP contribution in [0, 0.1) is 0 Å². The van der Waals surface area contributed by atoms with E-state index >= 15 is 0 Å². The highest BCUT2D eigenvalue weighted by molar-refractivity contribution is 6.82. The molecule has 0 amide bonds. The largest absolute Gasteiger partial charge is 0.382 e. The zero-order valence-corrected chi connectivity index (χ0v) is 8.31. The zero-order valence-electron chi connectivity index (χ0n) is 7.31. The highest BCUT2D eigenvalue weighted by Gasteiger charge is 2.14. The molecular formula is C8H18OSi. The molecule has 0 fully saturated rings. The van der Waals surface area contributed by atoms with Crippen LogP contribution in [-0.4, -0.2) is 21.3 Å². The van der Waals surface area contributed by atoms with Crippen LogP contribution in [0.5, 0.6) is 0 Å². The van der Waals surface area contributed by atoms with Crippen LogP contribution in [0.15, 0.2) is 12.3 Å². The van der Waals surface area contributed by atoms with Crippen LogP contribution in [0.2, 0.25) is 19.1 Å². The van der Waals surface area contributed by atoms with Gasteiger partial charge in [0.2, 0.25) is 0 Å². The van der Waals surface area contributed by atoms with Crippen molar-refractivity contribution in [3.05, 3.63) is 12.3 Å². The van der Waals surface area contributed by atoms with Crippen LogP contribution >= 0.6 is 0 Å². The smallest absolute Gasteiger partial charge is 0.0732 e. The summed E-state index contributed by atoms with van der Waals surface area (Å²) in [4.78, 5) is 0. The lowest BCUT2D eigenvalue weighted by Crippen LogP contribution is -2.23. The first-order valence-corrected chi connectivity index (χ1v) is 7.12. The fourth-order valence-electron chi connectivity index (χ4n) is 0.582. The Labute approximate surface area is 65.1 Å². The predicted molar refractivity (Wildman–Crippen MR) is 49.0 cm³/mol. The fraction of sp³-hybridized carbons (Fsp3) is 0.750. The van der Waals surface area contributed by atoms with Crippen molar-refractivity contribution in [1.82, 2.24) is 0 Å². The molecule has 10 heavy (non-hydrogen) atoms. The van der Waals surface area contributed by atoms with Crippen LogP contribution in [0.3, 0.4) is 0 Å². The Bertz CT molecular complexity index is 99.4. The van der Waals surface area contributed by atoms with Gasteiger partial charge in [0.1, 0.15) is 0 Å². The summed E-state index contributed by atoms with van der Waals surface area (Å²) in [7, 11) is -1.08. The summed E-state index contributed by atoms with van der Waals surface area (Å²) in [5.41, 5.74) is 2.12. The minimum absolute atomic E-state index is 0.835. The van der Waals surface area contributed by atoms with Gasteiger partial charge in [-0.1, -0.05) is 13.1 Å². The van der Waals surface area contributed by atoms with Crippen molar-refractivity contribution in [2.24, 2.45) is 0 Å². The standard InChI is InChI=1S/C8H18OSi/c1-5-9-7-8-10(3,4)6-2/h6H,2,5,7-8H2,1,3-4H3. The molecule has 0 spiro atoms. The third-order valence-electron chi connectivity index (χ3n) is 1.65. The maximum atomic E-state index is 5.26. The summed E-state index contributed by atoms with van der Waals surface area (Å²) in [6.07, 6.45) is 0. The van der Waals surface area contributed by atoms with Crippen LogP contribution in [-0.2, 0) is 4.74 Å². The molecule has 0 aliphatic rings. The van der Waals surface area contributed by atoms with E-state index < -0.39 is 8.07 Å². The molecule has 0 aliphatic carbocycles. The van der Waals surface area contributed by atoms with Gasteiger partial charge in [0, 0.05) is 13.2 Å². The van der Waals surface area contributed by atoms with E-state index in [1.807, 2.05) is 6.92 Å². The van der Waals surface area contributed by atoms with Gasteiger partial charge in [-0.3, -0.25) is 0 Å². The molecule has 0 aromatic carbocycles. The van der Waals surface area contributed by atoms with Gasteiger partial charge >= 0.3 is 0 Å². The van der Waals surface area contributed by atoms with E-state index in [1.54, 1.807) is 0 Å². The van der Waals surface area contributed by atoms with Crippen LogP contribution in [0.1, 0.15) is 6.92 Å². The van der Waals surface area contributed by atoms with Gasteiger partial charge in [-0.15, -0.1) is 12.3 Å². The molecule has 0 radical (unpaired) electrons. The Hall–Kier alpha value is -0.0831. The molecule has 0 saturated heterocycles. The summed E-state index contributed by atoms with van der Waals surface area (Å²) in [6, 6.07) is 1.20. The van der Waals surface area contributed by atoms with Crippen LogP contribution < -0.4 is 0 Å². The van der Waals surface area contributed by atoms with E-state index in [4.69, 9.17) is 4.74 Å². The van der Waals surface area contributed by atoms with Gasteiger partial charge in [-0.25, -0.2) is 0 Å². The van der Waals surface area contributed by atoms with Gasteiger partial charge in [0.05, 0.1) is 8.07 Å². The van der Waals surface area contributed by atoms with E-state index in [2.05, 4.69) is 25.4 Å². The van der Waals surface area contributed by atoms with Gasteiger partial charge in [0.15, 0.2) is 0 Å². The van der Waals surface area contributed by atoms with Crippen molar-refractivity contribution >= 4 is 8.07 Å². The molecule has 0 N–H and O–H groups in total. The topological polar surface area (TPSA) is 9.23 Å². The predicted octanol–water partition coefficient (Wildman–Crippen LogP) is 2.46. The Morgan fingerprint density at radius 1 is 1.50 bits per heavy atom. The first-order chi connectivity index (χ1) is 4.62. The quantitative estimate of drug-likeness (QED) is 0.441. The Morgan fingerprint density at radius 2 is 2.10 bits per heavy atom. The normalized spacial score (nSPS) is 11.5. The van der Waals surface area contributed by atoms with E-state index in [0.29, 0.717) is 0 Å². The summed E-state index contributed by atoms with van der Waals surface area (Å²) < 4.78 is 5.26. The maximum Gasteiger partial charge on any atom is 0.0732 e. The third-order valence-corrected chi connectivity index (χ3v) is 4.25. The molecule has 1 nitrogen and oxygen atoms in total. The molecule has 0 saturated carbocycles. The Balaban J connectivity index is 3.37. The van der Waals surface area contributed by atoms with Gasteiger partial charge in [-0.05, 0) is 13.0 Å². The second kappa shape index (κ2) is 4.69. The lowest BCUT2D eigenvalue weighted by Gasteiger charge is -2.15. The van der Waals surface area contributed by atoms with Crippen molar-refractivity contribution in [2.75, 3.05) is 13.2 Å². The molecule has 0 aromatic rings. The van der Waals surface area contributed by atoms with Crippen molar-refractivity contribution < 1.29 is 4.74 Å². The summed E-state index contributed by atoms with van der Waals surface area (Å²) in [5, 5.41) is 0. The van der Waals surface area contributed by atoms with E-state index in [1.165, 1.54) is 6.04 Å². The van der Waals surface area contributed by atoms with Gasteiger partial charge < -0.3 is 4.74 Å². The average Bonchev–Trinajstić information content (AvgIpc) is 1.89. The zero-order chi connectivity index (χ0) is 8.04. The van der Waals surface area contributed by atoms with E-state index in [0.717, 1.165) is 13.2 Å². The van der Waals surface area contributed by atoms with Crippen molar-refractivity contribution in [2.45, 2.75) is 26.1 Å². The molecule has 0 aromatic heterocycles. The van der Waals surface area contributed by atoms with Gasteiger partial charge in [0.25, 0.3) is 0 Å². The van der Waals surface area contributed by atoms with Crippen LogP contribution in [0.4, 0.5) is 0 Å². The Morgan fingerprint density at radius 3 is 2.50 bits per heavy atom. The van der Waals surface area contributed by atoms with Crippen molar-refractivity contribution in [1.29, 1.82) is 0 Å². The lowest BCUT2D eigenvalue weighted by molar-refractivity contribution is 0.161. The summed E-state index contributed by atoms with van der Waals surface area (Å²) in [6.45, 7) is 12.2.